The molecule has 0 saturated carbocycles. The van der Waals surface area contributed by atoms with E-state index in [0.717, 1.165) is 17.5 Å². The van der Waals surface area contributed by atoms with Crippen molar-refractivity contribution in [3.05, 3.63) is 34.7 Å². The van der Waals surface area contributed by atoms with Crippen molar-refractivity contribution < 1.29 is 19.1 Å². The number of nitrogens with one attached hydrogen (secondary N) is 1. The lowest BCUT2D eigenvalue weighted by molar-refractivity contribution is -0.148. The summed E-state index contributed by atoms with van der Waals surface area (Å²) in [5.74, 6) is -1.41. The number of benzene rings is 1. The first kappa shape index (κ1) is 21.2. The lowest BCUT2D eigenvalue weighted by atomic mass is 10.3. The molecule has 1 aromatic heterocycles. The van der Waals surface area contributed by atoms with Gasteiger partial charge in [0.15, 0.2) is 6.61 Å². The second kappa shape index (κ2) is 9.72. The smallest absolute Gasteiger partial charge is 0.329 e. The summed E-state index contributed by atoms with van der Waals surface area (Å²) in [4.78, 5) is 49.0. The highest BCUT2D eigenvalue weighted by molar-refractivity contribution is 5.86. The number of nitrogens with zero attached hydrogens (tertiary/aromatic N) is 3. The number of ether oxygens (including phenoxy) is 1. The standard InChI is InChI=1S/C19H26N4O5/c1-4-10-22-14-7-5-6-8-15(14)23(19(22)27)11-9-18(26)28-13-16(24)20-12-17(25)21(2)3/h5-8H,4,9-13H2,1-3H3,(H,20,24). The molecule has 9 nitrogen and oxygen atoms in total. The molecule has 0 aliphatic carbocycles. The SMILES string of the molecule is CCCn1c(=O)n(CCC(=O)OCC(=O)NCC(=O)N(C)C)c2ccccc21. The van der Waals surface area contributed by atoms with Crippen molar-refractivity contribution >= 4 is 28.8 Å². The van der Waals surface area contributed by atoms with E-state index < -0.39 is 18.5 Å². The third-order valence-electron chi connectivity index (χ3n) is 4.21. The summed E-state index contributed by atoms with van der Waals surface area (Å²) in [5.41, 5.74) is 1.41. The Labute approximate surface area is 162 Å². The Bertz CT molecular complexity index is 913. The molecule has 1 heterocycles. The zero-order valence-corrected chi connectivity index (χ0v) is 16.4. The van der Waals surface area contributed by atoms with Crippen molar-refractivity contribution in [3.8, 4) is 0 Å². The molecule has 0 aliphatic rings. The minimum absolute atomic E-state index is 0.0378. The molecule has 0 unspecified atom stereocenters. The van der Waals surface area contributed by atoms with Gasteiger partial charge in [-0.3, -0.25) is 23.5 Å². The Kier molecular flexibility index (Phi) is 7.36. The fourth-order valence-electron chi connectivity index (χ4n) is 2.73. The molecule has 0 saturated heterocycles. The zero-order valence-electron chi connectivity index (χ0n) is 16.4. The average Bonchev–Trinajstić information content (AvgIpc) is 2.94. The van der Waals surface area contributed by atoms with Gasteiger partial charge in [-0.05, 0) is 18.6 Å². The van der Waals surface area contributed by atoms with Gasteiger partial charge in [0.1, 0.15) is 0 Å². The van der Waals surface area contributed by atoms with E-state index in [2.05, 4.69) is 5.32 Å². The molecule has 0 fully saturated rings. The van der Waals surface area contributed by atoms with Crippen LogP contribution in [0.15, 0.2) is 29.1 Å². The summed E-state index contributed by atoms with van der Waals surface area (Å²) in [6.45, 7) is 2.13. The van der Waals surface area contributed by atoms with Gasteiger partial charge in [-0.25, -0.2) is 4.79 Å². The van der Waals surface area contributed by atoms with Crippen LogP contribution >= 0.6 is 0 Å². The Balaban J connectivity index is 1.91. The molecule has 0 radical (unpaired) electrons. The molecular formula is C19H26N4O5. The Morgan fingerprint density at radius 3 is 2.25 bits per heavy atom. The van der Waals surface area contributed by atoms with Crippen molar-refractivity contribution in [1.29, 1.82) is 0 Å². The summed E-state index contributed by atoms with van der Waals surface area (Å²) < 4.78 is 8.16. The van der Waals surface area contributed by atoms with Gasteiger partial charge in [-0.1, -0.05) is 19.1 Å². The fraction of sp³-hybridized carbons (Fsp3) is 0.474. The number of imidazole rings is 1. The first-order valence-corrected chi connectivity index (χ1v) is 9.15. The van der Waals surface area contributed by atoms with Crippen LogP contribution in [0.1, 0.15) is 19.8 Å². The van der Waals surface area contributed by atoms with Gasteiger partial charge in [-0.2, -0.15) is 0 Å². The highest BCUT2D eigenvalue weighted by atomic mass is 16.5. The third-order valence-corrected chi connectivity index (χ3v) is 4.21. The van der Waals surface area contributed by atoms with Crippen LogP contribution in [-0.4, -0.2) is 59.1 Å². The van der Waals surface area contributed by atoms with E-state index in [1.807, 2.05) is 31.2 Å². The average molecular weight is 390 g/mol. The van der Waals surface area contributed by atoms with Crippen molar-refractivity contribution in [2.45, 2.75) is 32.9 Å². The predicted molar refractivity (Wildman–Crippen MR) is 104 cm³/mol. The Morgan fingerprint density at radius 1 is 1.07 bits per heavy atom. The van der Waals surface area contributed by atoms with Gasteiger partial charge in [0.25, 0.3) is 5.91 Å². The molecule has 2 amide bonds. The largest absolute Gasteiger partial charge is 0.456 e. The first-order chi connectivity index (χ1) is 13.3. The van der Waals surface area contributed by atoms with Crippen molar-refractivity contribution in [3.63, 3.8) is 0 Å². The number of hydrogen-bond donors (Lipinski definition) is 1. The van der Waals surface area contributed by atoms with Crippen molar-refractivity contribution in [1.82, 2.24) is 19.4 Å². The molecule has 28 heavy (non-hydrogen) atoms. The maximum atomic E-state index is 12.6. The number of para-hydroxylation sites is 2. The third kappa shape index (κ3) is 5.21. The molecule has 9 heteroatoms. The van der Waals surface area contributed by atoms with Crippen LogP contribution in [0.2, 0.25) is 0 Å². The number of amides is 2. The summed E-state index contributed by atoms with van der Waals surface area (Å²) >= 11 is 0. The van der Waals surface area contributed by atoms with Gasteiger partial charge in [0, 0.05) is 27.2 Å². The highest BCUT2D eigenvalue weighted by Crippen LogP contribution is 2.13. The number of rotatable bonds is 9. The van der Waals surface area contributed by atoms with E-state index in [-0.39, 0.29) is 31.1 Å². The van der Waals surface area contributed by atoms with Crippen LogP contribution < -0.4 is 11.0 Å². The van der Waals surface area contributed by atoms with Crippen LogP contribution in [0.3, 0.4) is 0 Å². The predicted octanol–water partition coefficient (Wildman–Crippen LogP) is 0.351. The number of hydrogen-bond acceptors (Lipinski definition) is 5. The Morgan fingerprint density at radius 2 is 1.68 bits per heavy atom. The van der Waals surface area contributed by atoms with E-state index in [4.69, 9.17) is 4.74 Å². The molecule has 0 spiro atoms. The lowest BCUT2D eigenvalue weighted by Gasteiger charge is -2.11. The highest BCUT2D eigenvalue weighted by Gasteiger charge is 2.15. The molecule has 0 aliphatic heterocycles. The maximum absolute atomic E-state index is 12.6. The number of aryl methyl sites for hydroxylation is 2. The summed E-state index contributed by atoms with van der Waals surface area (Å²) in [6, 6.07) is 7.42. The summed E-state index contributed by atoms with van der Waals surface area (Å²) in [5, 5.41) is 2.38. The number of carbonyl (C=O) groups excluding carboxylic acids is 3. The molecule has 2 rings (SSSR count). The molecule has 1 N–H and O–H groups in total. The number of fused-ring (bicyclic) bond motifs is 1. The summed E-state index contributed by atoms with van der Waals surface area (Å²) in [6.07, 6.45) is 0.783. The quantitative estimate of drug-likeness (QED) is 0.623. The number of aromatic nitrogens is 2. The van der Waals surface area contributed by atoms with Crippen LogP contribution in [-0.2, 0) is 32.2 Å². The van der Waals surface area contributed by atoms with Gasteiger partial charge < -0.3 is 15.0 Å². The van der Waals surface area contributed by atoms with E-state index in [1.54, 1.807) is 23.2 Å². The molecule has 152 valence electrons. The van der Waals surface area contributed by atoms with Crippen LogP contribution in [0.4, 0.5) is 0 Å². The van der Waals surface area contributed by atoms with E-state index >= 15 is 0 Å². The number of carbonyl (C=O) groups is 3. The van der Waals surface area contributed by atoms with Gasteiger partial charge in [-0.15, -0.1) is 0 Å². The summed E-state index contributed by atoms with van der Waals surface area (Å²) in [7, 11) is 3.15. The maximum Gasteiger partial charge on any atom is 0.329 e. The number of esters is 1. The minimum atomic E-state index is -0.590. The second-order valence-electron chi connectivity index (χ2n) is 6.55. The van der Waals surface area contributed by atoms with Crippen LogP contribution in [0.5, 0.6) is 0 Å². The molecule has 0 bridgehead atoms. The topological polar surface area (TPSA) is 103 Å². The van der Waals surface area contributed by atoms with Crippen molar-refractivity contribution in [2.75, 3.05) is 27.2 Å². The minimum Gasteiger partial charge on any atom is -0.456 e. The zero-order chi connectivity index (χ0) is 20.7. The molecule has 0 atom stereocenters. The molecule has 2 aromatic rings. The van der Waals surface area contributed by atoms with E-state index in [0.29, 0.717) is 6.54 Å². The fourth-order valence-corrected chi connectivity index (χ4v) is 2.73. The lowest BCUT2D eigenvalue weighted by Crippen LogP contribution is -2.38. The normalized spacial score (nSPS) is 10.7. The van der Waals surface area contributed by atoms with Crippen LogP contribution in [0.25, 0.3) is 11.0 Å². The second-order valence-corrected chi connectivity index (χ2v) is 6.55. The van der Waals surface area contributed by atoms with Gasteiger partial charge in [0.2, 0.25) is 5.91 Å². The van der Waals surface area contributed by atoms with Gasteiger partial charge in [0.05, 0.1) is 24.0 Å². The van der Waals surface area contributed by atoms with Gasteiger partial charge >= 0.3 is 11.7 Å². The van der Waals surface area contributed by atoms with E-state index in [1.165, 1.54) is 4.90 Å². The van der Waals surface area contributed by atoms with Crippen LogP contribution in [0, 0.1) is 0 Å². The van der Waals surface area contributed by atoms with Crippen molar-refractivity contribution in [2.24, 2.45) is 0 Å². The Hall–Kier alpha value is -3.10. The van der Waals surface area contributed by atoms with E-state index in [9.17, 15) is 19.2 Å². The monoisotopic (exact) mass is 390 g/mol. The molecule has 1 aromatic carbocycles. The molecular weight excluding hydrogens is 364 g/mol. The first-order valence-electron chi connectivity index (χ1n) is 9.15. The number of likely N-dealkylation sites (N-methyl/N-ethyl adjacent to an activating group) is 1.